The van der Waals surface area contributed by atoms with E-state index in [0.29, 0.717) is 4.88 Å². The molecule has 1 amide bonds. The first-order chi connectivity index (χ1) is 12.5. The van der Waals surface area contributed by atoms with Gasteiger partial charge in [-0.05, 0) is 24.4 Å². The number of ketones is 1. The first-order valence-electron chi connectivity index (χ1n) is 7.95. The number of carbonyl (C=O) groups is 3. The highest BCUT2D eigenvalue weighted by atomic mass is 32.1. The number of esters is 1. The summed E-state index contributed by atoms with van der Waals surface area (Å²) >= 11 is 1.29. The lowest BCUT2D eigenvalue weighted by atomic mass is 10.0. The predicted molar refractivity (Wildman–Crippen MR) is 96.9 cm³/mol. The van der Waals surface area contributed by atoms with Crippen LogP contribution in [0.5, 0.6) is 0 Å². The summed E-state index contributed by atoms with van der Waals surface area (Å²) in [6.07, 6.45) is -0.822. The van der Waals surface area contributed by atoms with Gasteiger partial charge in [-0.1, -0.05) is 24.3 Å². The van der Waals surface area contributed by atoms with E-state index >= 15 is 0 Å². The monoisotopic (exact) mass is 370 g/mol. The number of hydrogen-bond donors (Lipinski definition) is 0. The van der Waals surface area contributed by atoms with Crippen molar-refractivity contribution in [3.05, 3.63) is 57.8 Å². The Kier molecular flexibility index (Phi) is 6.64. The van der Waals surface area contributed by atoms with Gasteiger partial charge in [0.2, 0.25) is 5.78 Å². The van der Waals surface area contributed by atoms with Crippen LogP contribution in [-0.4, -0.2) is 42.3 Å². The maximum absolute atomic E-state index is 12.6. The molecule has 0 aliphatic heterocycles. The van der Waals surface area contributed by atoms with Crippen molar-refractivity contribution in [1.82, 2.24) is 4.90 Å². The summed E-state index contributed by atoms with van der Waals surface area (Å²) in [5, 5.41) is 10.4. The fourth-order valence-electron chi connectivity index (χ4n) is 2.31. The number of amides is 1. The summed E-state index contributed by atoms with van der Waals surface area (Å²) in [4.78, 5) is 39.1. The normalized spacial score (nSPS) is 11.3. The molecule has 0 radical (unpaired) electrons. The van der Waals surface area contributed by atoms with Gasteiger partial charge in [0.25, 0.3) is 5.91 Å². The lowest BCUT2D eigenvalue weighted by molar-refractivity contribution is -0.138. The Balaban J connectivity index is 2.14. The first-order valence-corrected chi connectivity index (χ1v) is 8.83. The lowest BCUT2D eigenvalue weighted by Crippen LogP contribution is -2.38. The van der Waals surface area contributed by atoms with Crippen LogP contribution in [0.1, 0.15) is 38.9 Å². The number of benzene rings is 1. The van der Waals surface area contributed by atoms with Gasteiger partial charge < -0.3 is 9.64 Å². The molecule has 0 fully saturated rings. The Bertz CT molecular complexity index is 839. The zero-order valence-electron chi connectivity index (χ0n) is 14.5. The number of nitriles is 1. The highest BCUT2D eigenvalue weighted by Crippen LogP contribution is 2.19. The Labute approximate surface area is 155 Å². The first kappa shape index (κ1) is 19.3. The average molecular weight is 370 g/mol. The second kappa shape index (κ2) is 8.92. The number of nitrogens with zero attached hydrogens (tertiary/aromatic N) is 2. The van der Waals surface area contributed by atoms with Crippen LogP contribution >= 0.6 is 11.3 Å². The van der Waals surface area contributed by atoms with Gasteiger partial charge in [0.05, 0.1) is 22.9 Å². The van der Waals surface area contributed by atoms with E-state index in [4.69, 9.17) is 10.00 Å². The Morgan fingerprint density at radius 1 is 1.19 bits per heavy atom. The Morgan fingerprint density at radius 2 is 1.88 bits per heavy atom. The van der Waals surface area contributed by atoms with E-state index in [1.54, 1.807) is 35.7 Å². The molecule has 2 aromatic rings. The van der Waals surface area contributed by atoms with Gasteiger partial charge in [-0.15, -0.1) is 11.3 Å². The standard InChI is InChI=1S/C19H18N2O4S/c1-13(18(23)21(2)11-6-10-20)25-19(24)15-8-4-3-7-14(15)17(22)16-9-5-12-26-16/h3-5,7-9,12-13H,6,11H2,1-2H3/t13-/m1/s1. The number of carbonyl (C=O) groups excluding carboxylic acids is 3. The third kappa shape index (κ3) is 4.55. The third-order valence-corrected chi connectivity index (χ3v) is 4.57. The van der Waals surface area contributed by atoms with Gasteiger partial charge in [-0.25, -0.2) is 4.79 Å². The Hall–Kier alpha value is -2.98. The van der Waals surface area contributed by atoms with E-state index in [-0.39, 0.29) is 29.9 Å². The van der Waals surface area contributed by atoms with E-state index in [1.807, 2.05) is 6.07 Å². The van der Waals surface area contributed by atoms with Gasteiger partial charge >= 0.3 is 5.97 Å². The Morgan fingerprint density at radius 3 is 2.50 bits per heavy atom. The van der Waals surface area contributed by atoms with E-state index < -0.39 is 18.0 Å². The third-order valence-electron chi connectivity index (χ3n) is 3.70. The molecule has 7 heteroatoms. The van der Waals surface area contributed by atoms with Crippen molar-refractivity contribution in [3.63, 3.8) is 0 Å². The van der Waals surface area contributed by atoms with Gasteiger partial charge in [0.1, 0.15) is 0 Å². The second-order valence-corrected chi connectivity index (χ2v) is 6.52. The molecule has 0 spiro atoms. The van der Waals surface area contributed by atoms with Crippen LogP contribution in [0.3, 0.4) is 0 Å². The minimum absolute atomic E-state index is 0.116. The van der Waals surface area contributed by atoms with Crippen LogP contribution in [-0.2, 0) is 9.53 Å². The molecule has 1 aromatic heterocycles. The molecular weight excluding hydrogens is 352 g/mol. The summed E-state index contributed by atoms with van der Waals surface area (Å²) in [6, 6.07) is 11.8. The molecule has 0 aliphatic carbocycles. The predicted octanol–water partition coefficient (Wildman–Crippen LogP) is 2.90. The van der Waals surface area contributed by atoms with Crippen molar-refractivity contribution in [2.45, 2.75) is 19.4 Å². The quantitative estimate of drug-likeness (QED) is 0.552. The summed E-state index contributed by atoms with van der Waals surface area (Å²) in [5.41, 5.74) is 0.350. The molecule has 134 valence electrons. The fourth-order valence-corrected chi connectivity index (χ4v) is 2.99. The molecule has 0 bridgehead atoms. The second-order valence-electron chi connectivity index (χ2n) is 5.57. The molecule has 1 aromatic carbocycles. The zero-order chi connectivity index (χ0) is 19.1. The maximum atomic E-state index is 12.6. The summed E-state index contributed by atoms with van der Waals surface area (Å²) < 4.78 is 5.25. The van der Waals surface area contributed by atoms with E-state index in [0.717, 1.165) is 0 Å². The van der Waals surface area contributed by atoms with Crippen LogP contribution in [0.2, 0.25) is 0 Å². The highest BCUT2D eigenvalue weighted by molar-refractivity contribution is 7.12. The number of rotatable bonds is 7. The summed E-state index contributed by atoms with van der Waals surface area (Å²) in [5.74, 6) is -1.41. The molecule has 2 rings (SSSR count). The molecule has 0 saturated carbocycles. The molecule has 0 N–H and O–H groups in total. The molecule has 0 unspecified atom stereocenters. The van der Waals surface area contributed by atoms with Crippen molar-refractivity contribution >= 4 is 29.0 Å². The van der Waals surface area contributed by atoms with Crippen molar-refractivity contribution in [2.24, 2.45) is 0 Å². The highest BCUT2D eigenvalue weighted by Gasteiger charge is 2.25. The minimum Gasteiger partial charge on any atom is -0.449 e. The van der Waals surface area contributed by atoms with Crippen LogP contribution in [0.25, 0.3) is 0 Å². The number of ether oxygens (including phenoxy) is 1. The van der Waals surface area contributed by atoms with Gasteiger partial charge in [-0.3, -0.25) is 9.59 Å². The molecular formula is C19H18N2O4S. The summed E-state index contributed by atoms with van der Waals surface area (Å²) in [6.45, 7) is 1.72. The summed E-state index contributed by atoms with van der Waals surface area (Å²) in [7, 11) is 1.54. The smallest absolute Gasteiger partial charge is 0.339 e. The SMILES string of the molecule is C[C@@H](OC(=O)c1ccccc1C(=O)c1cccs1)C(=O)N(C)CCC#N. The fraction of sp³-hybridized carbons (Fsp3) is 0.263. The van der Waals surface area contributed by atoms with Crippen molar-refractivity contribution in [1.29, 1.82) is 5.26 Å². The average Bonchev–Trinajstić information content (AvgIpc) is 3.19. The van der Waals surface area contributed by atoms with E-state index in [2.05, 4.69) is 0 Å². The zero-order valence-corrected chi connectivity index (χ0v) is 15.3. The number of thiophene rings is 1. The topological polar surface area (TPSA) is 87.5 Å². The van der Waals surface area contributed by atoms with Crippen LogP contribution in [0.15, 0.2) is 41.8 Å². The van der Waals surface area contributed by atoms with Gasteiger partial charge in [0, 0.05) is 19.2 Å². The van der Waals surface area contributed by atoms with Crippen LogP contribution in [0, 0.1) is 11.3 Å². The van der Waals surface area contributed by atoms with E-state index in [9.17, 15) is 14.4 Å². The molecule has 6 nitrogen and oxygen atoms in total. The van der Waals surface area contributed by atoms with E-state index in [1.165, 1.54) is 36.3 Å². The minimum atomic E-state index is -1.02. The van der Waals surface area contributed by atoms with Gasteiger partial charge in [0.15, 0.2) is 6.10 Å². The van der Waals surface area contributed by atoms with Crippen molar-refractivity contribution in [3.8, 4) is 6.07 Å². The molecule has 1 heterocycles. The lowest BCUT2D eigenvalue weighted by Gasteiger charge is -2.20. The molecule has 26 heavy (non-hydrogen) atoms. The largest absolute Gasteiger partial charge is 0.449 e. The van der Waals surface area contributed by atoms with Gasteiger partial charge in [-0.2, -0.15) is 5.26 Å². The maximum Gasteiger partial charge on any atom is 0.339 e. The van der Waals surface area contributed by atoms with Crippen molar-refractivity contribution < 1.29 is 19.1 Å². The van der Waals surface area contributed by atoms with Crippen LogP contribution < -0.4 is 0 Å². The molecule has 1 atom stereocenters. The molecule has 0 aliphatic rings. The van der Waals surface area contributed by atoms with Crippen molar-refractivity contribution in [2.75, 3.05) is 13.6 Å². The van der Waals surface area contributed by atoms with Crippen LogP contribution in [0.4, 0.5) is 0 Å². The molecule has 0 saturated heterocycles. The number of likely N-dealkylation sites (N-methyl/N-ethyl adjacent to an activating group) is 1. The number of hydrogen-bond acceptors (Lipinski definition) is 6.